The van der Waals surface area contributed by atoms with Crippen molar-refractivity contribution in [1.82, 2.24) is 34.5 Å². The van der Waals surface area contributed by atoms with Crippen LogP contribution in [0, 0.1) is 0 Å². The van der Waals surface area contributed by atoms with E-state index < -0.39 is 0 Å². The van der Waals surface area contributed by atoms with Gasteiger partial charge in [0.1, 0.15) is 18.5 Å². The molecule has 1 aliphatic heterocycles. The molecule has 0 atom stereocenters. The third-order valence-electron chi connectivity index (χ3n) is 3.35. The zero-order valence-corrected chi connectivity index (χ0v) is 10.6. The fourth-order valence-electron chi connectivity index (χ4n) is 2.24. The number of nitrogens with zero attached hydrogens (tertiary/aromatic N) is 8. The van der Waals surface area contributed by atoms with Crippen LogP contribution in [0.15, 0.2) is 43.5 Å². The SMILES string of the molecule is c1cnn(C2CN(c3cncc(-n4cncn4)n3)C2)c1. The Kier molecular flexibility index (Phi) is 2.44. The number of hydrogen-bond acceptors (Lipinski definition) is 6. The van der Waals surface area contributed by atoms with Gasteiger partial charge in [0, 0.05) is 25.5 Å². The van der Waals surface area contributed by atoms with Crippen LogP contribution in [-0.4, -0.2) is 47.6 Å². The van der Waals surface area contributed by atoms with Crippen molar-refractivity contribution in [3.63, 3.8) is 0 Å². The van der Waals surface area contributed by atoms with Crippen LogP contribution in [-0.2, 0) is 0 Å². The van der Waals surface area contributed by atoms with E-state index in [0.717, 1.165) is 18.9 Å². The monoisotopic (exact) mass is 268 g/mol. The summed E-state index contributed by atoms with van der Waals surface area (Å²) >= 11 is 0. The largest absolute Gasteiger partial charge is 0.351 e. The molecule has 0 N–H and O–H groups in total. The van der Waals surface area contributed by atoms with Gasteiger partial charge in [-0.25, -0.2) is 14.6 Å². The van der Waals surface area contributed by atoms with Gasteiger partial charge in [0.2, 0.25) is 0 Å². The number of aromatic nitrogens is 7. The Morgan fingerprint density at radius 2 is 1.95 bits per heavy atom. The van der Waals surface area contributed by atoms with Crippen LogP contribution in [0.5, 0.6) is 0 Å². The molecule has 0 saturated carbocycles. The third kappa shape index (κ3) is 1.81. The average molecular weight is 268 g/mol. The second-order valence-corrected chi connectivity index (χ2v) is 4.62. The van der Waals surface area contributed by atoms with E-state index in [0.29, 0.717) is 11.9 Å². The minimum atomic E-state index is 0.404. The zero-order valence-electron chi connectivity index (χ0n) is 10.6. The molecule has 8 heteroatoms. The number of anilines is 1. The summed E-state index contributed by atoms with van der Waals surface area (Å²) in [7, 11) is 0. The van der Waals surface area contributed by atoms with Crippen LogP contribution in [0.1, 0.15) is 6.04 Å². The summed E-state index contributed by atoms with van der Waals surface area (Å²) in [6, 6.07) is 2.34. The Balaban J connectivity index is 1.52. The Morgan fingerprint density at radius 1 is 1.05 bits per heavy atom. The van der Waals surface area contributed by atoms with Gasteiger partial charge in [-0.05, 0) is 6.07 Å². The van der Waals surface area contributed by atoms with Crippen LogP contribution in [0.2, 0.25) is 0 Å². The standard InChI is InChI=1S/C12H12N8/c1-2-15-19(3-1)10-6-18(7-10)11-4-13-5-12(17-11)20-9-14-8-16-20/h1-5,8-10H,6-7H2. The first kappa shape index (κ1) is 11.1. The topological polar surface area (TPSA) is 77.5 Å². The summed E-state index contributed by atoms with van der Waals surface area (Å²) in [4.78, 5) is 14.8. The predicted octanol–water partition coefficient (Wildman–Crippen LogP) is 0.315. The van der Waals surface area contributed by atoms with Crippen LogP contribution < -0.4 is 4.90 Å². The van der Waals surface area contributed by atoms with Crippen molar-refractivity contribution in [2.45, 2.75) is 6.04 Å². The van der Waals surface area contributed by atoms with E-state index in [1.54, 1.807) is 29.6 Å². The van der Waals surface area contributed by atoms with Gasteiger partial charge >= 0.3 is 0 Å². The maximum absolute atomic E-state index is 4.55. The molecular weight excluding hydrogens is 256 g/mol. The van der Waals surface area contributed by atoms with Crippen molar-refractivity contribution >= 4 is 5.82 Å². The summed E-state index contributed by atoms with van der Waals surface area (Å²) in [5.41, 5.74) is 0. The van der Waals surface area contributed by atoms with Gasteiger partial charge in [-0.2, -0.15) is 10.2 Å². The number of rotatable bonds is 3. The lowest BCUT2D eigenvalue weighted by Crippen LogP contribution is -2.48. The minimum Gasteiger partial charge on any atom is -0.351 e. The maximum Gasteiger partial charge on any atom is 0.175 e. The molecule has 0 bridgehead atoms. The van der Waals surface area contributed by atoms with E-state index in [-0.39, 0.29) is 0 Å². The molecule has 8 nitrogen and oxygen atoms in total. The third-order valence-corrected chi connectivity index (χ3v) is 3.35. The Morgan fingerprint density at radius 3 is 2.70 bits per heavy atom. The van der Waals surface area contributed by atoms with E-state index >= 15 is 0 Å². The van der Waals surface area contributed by atoms with Crippen LogP contribution in [0.4, 0.5) is 5.82 Å². The predicted molar refractivity (Wildman–Crippen MR) is 70.4 cm³/mol. The molecule has 0 unspecified atom stereocenters. The average Bonchev–Trinajstić information content (AvgIpc) is 3.11. The molecule has 3 aromatic rings. The molecule has 4 heterocycles. The molecule has 1 fully saturated rings. The van der Waals surface area contributed by atoms with Crippen LogP contribution in [0.3, 0.4) is 0 Å². The summed E-state index contributed by atoms with van der Waals surface area (Å²) in [6.07, 6.45) is 10.3. The van der Waals surface area contributed by atoms with Crippen LogP contribution >= 0.6 is 0 Å². The highest BCUT2D eigenvalue weighted by atomic mass is 15.4. The van der Waals surface area contributed by atoms with E-state index in [9.17, 15) is 0 Å². The number of hydrogen-bond donors (Lipinski definition) is 0. The molecule has 0 aromatic carbocycles. The van der Waals surface area contributed by atoms with E-state index in [1.807, 2.05) is 16.9 Å². The molecule has 0 amide bonds. The summed E-state index contributed by atoms with van der Waals surface area (Å²) in [5.74, 6) is 1.52. The van der Waals surface area contributed by atoms with Gasteiger partial charge in [0.15, 0.2) is 5.82 Å². The molecule has 100 valence electrons. The molecular formula is C12H12N8. The zero-order chi connectivity index (χ0) is 13.4. The summed E-state index contributed by atoms with van der Waals surface area (Å²) in [6.45, 7) is 1.77. The van der Waals surface area contributed by atoms with Gasteiger partial charge in [-0.1, -0.05) is 0 Å². The van der Waals surface area contributed by atoms with Crippen molar-refractivity contribution in [3.05, 3.63) is 43.5 Å². The highest BCUT2D eigenvalue weighted by Gasteiger charge is 2.29. The highest BCUT2D eigenvalue weighted by molar-refractivity contribution is 5.42. The first-order chi connectivity index (χ1) is 9.90. The van der Waals surface area contributed by atoms with E-state index in [1.165, 1.54) is 6.33 Å². The van der Waals surface area contributed by atoms with Gasteiger partial charge < -0.3 is 4.90 Å². The van der Waals surface area contributed by atoms with Crippen molar-refractivity contribution in [2.75, 3.05) is 18.0 Å². The van der Waals surface area contributed by atoms with Crippen molar-refractivity contribution < 1.29 is 0 Å². The Hall–Kier alpha value is -2.77. The minimum absolute atomic E-state index is 0.404. The molecule has 3 aromatic heterocycles. The van der Waals surface area contributed by atoms with Gasteiger partial charge in [-0.3, -0.25) is 9.67 Å². The fourth-order valence-corrected chi connectivity index (χ4v) is 2.24. The lowest BCUT2D eigenvalue weighted by atomic mass is 10.1. The smallest absolute Gasteiger partial charge is 0.175 e. The summed E-state index contributed by atoms with van der Waals surface area (Å²) < 4.78 is 3.58. The molecule has 0 radical (unpaired) electrons. The molecule has 0 spiro atoms. The molecule has 1 aliphatic rings. The van der Waals surface area contributed by atoms with E-state index in [2.05, 4.69) is 30.0 Å². The second kappa shape index (κ2) is 4.41. The second-order valence-electron chi connectivity index (χ2n) is 4.62. The summed E-state index contributed by atoms with van der Waals surface area (Å²) in [5, 5.41) is 8.31. The molecule has 20 heavy (non-hydrogen) atoms. The van der Waals surface area contributed by atoms with Crippen LogP contribution in [0.25, 0.3) is 5.82 Å². The Labute approximate surface area is 114 Å². The fraction of sp³-hybridized carbons (Fsp3) is 0.250. The Bertz CT molecular complexity index is 684. The van der Waals surface area contributed by atoms with Gasteiger partial charge in [0.05, 0.1) is 18.4 Å². The quantitative estimate of drug-likeness (QED) is 0.680. The normalized spacial score (nSPS) is 15.3. The lowest BCUT2D eigenvalue weighted by Gasteiger charge is -2.39. The first-order valence-corrected chi connectivity index (χ1v) is 6.31. The van der Waals surface area contributed by atoms with Crippen molar-refractivity contribution in [1.29, 1.82) is 0 Å². The first-order valence-electron chi connectivity index (χ1n) is 6.31. The van der Waals surface area contributed by atoms with Gasteiger partial charge in [-0.15, -0.1) is 0 Å². The molecule has 0 aliphatic carbocycles. The molecule has 1 saturated heterocycles. The van der Waals surface area contributed by atoms with Crippen molar-refractivity contribution in [3.8, 4) is 5.82 Å². The highest BCUT2D eigenvalue weighted by Crippen LogP contribution is 2.25. The van der Waals surface area contributed by atoms with Gasteiger partial charge in [0.25, 0.3) is 0 Å². The maximum atomic E-state index is 4.55. The molecule has 4 rings (SSSR count). The van der Waals surface area contributed by atoms with Crippen molar-refractivity contribution in [2.24, 2.45) is 0 Å². The van der Waals surface area contributed by atoms with E-state index in [4.69, 9.17) is 0 Å². The lowest BCUT2D eigenvalue weighted by molar-refractivity contribution is 0.365.